The smallest absolute Gasteiger partial charge is 0.243 e. The van der Waals surface area contributed by atoms with Gasteiger partial charge in [0.2, 0.25) is 15.9 Å². The van der Waals surface area contributed by atoms with Gasteiger partial charge in [0.15, 0.2) is 5.78 Å². The Hall–Kier alpha value is -1.77. The summed E-state index contributed by atoms with van der Waals surface area (Å²) in [5, 5.41) is 3.24. The molecule has 2 fully saturated rings. The van der Waals surface area contributed by atoms with Crippen LogP contribution in [0, 0.1) is 5.92 Å². The van der Waals surface area contributed by atoms with E-state index in [-0.39, 0.29) is 22.5 Å². The zero-order chi connectivity index (χ0) is 18.7. The zero-order valence-electron chi connectivity index (χ0n) is 15.0. The summed E-state index contributed by atoms with van der Waals surface area (Å²) in [6.07, 6.45) is 1.90. The lowest BCUT2D eigenvalue weighted by Gasteiger charge is -2.36. The molecule has 1 aromatic carbocycles. The first-order chi connectivity index (χ1) is 12.4. The summed E-state index contributed by atoms with van der Waals surface area (Å²) >= 11 is 0. The van der Waals surface area contributed by atoms with Crippen LogP contribution >= 0.6 is 0 Å². The highest BCUT2D eigenvalue weighted by atomic mass is 32.2. The third-order valence-electron chi connectivity index (χ3n) is 5.10. The van der Waals surface area contributed by atoms with Gasteiger partial charge in [-0.05, 0) is 38.4 Å². The van der Waals surface area contributed by atoms with Gasteiger partial charge in [-0.25, -0.2) is 8.42 Å². The maximum Gasteiger partial charge on any atom is 0.243 e. The van der Waals surface area contributed by atoms with Crippen LogP contribution in [0.5, 0.6) is 0 Å². The average Bonchev–Trinajstić information content (AvgIpc) is 2.68. The van der Waals surface area contributed by atoms with Crippen molar-refractivity contribution < 1.29 is 18.0 Å². The fourth-order valence-corrected chi connectivity index (χ4v) is 4.90. The molecule has 1 unspecified atom stereocenters. The summed E-state index contributed by atoms with van der Waals surface area (Å²) in [5.41, 5.74) is 0.487. The molecule has 1 N–H and O–H groups in total. The van der Waals surface area contributed by atoms with Crippen molar-refractivity contribution in [2.45, 2.75) is 24.7 Å². The number of nitrogens with one attached hydrogen (secondary N) is 1. The van der Waals surface area contributed by atoms with Crippen molar-refractivity contribution in [1.29, 1.82) is 0 Å². The fourth-order valence-electron chi connectivity index (χ4n) is 3.48. The van der Waals surface area contributed by atoms with Crippen LogP contribution in [0.3, 0.4) is 0 Å². The second-order valence-corrected chi connectivity index (χ2v) is 8.79. The van der Waals surface area contributed by atoms with Crippen molar-refractivity contribution in [3.8, 4) is 0 Å². The van der Waals surface area contributed by atoms with Gasteiger partial charge in [0.1, 0.15) is 0 Å². The minimum atomic E-state index is -3.61. The van der Waals surface area contributed by atoms with Crippen LogP contribution in [0.2, 0.25) is 0 Å². The van der Waals surface area contributed by atoms with Crippen molar-refractivity contribution in [2.75, 3.05) is 39.3 Å². The molecular formula is C18H25N3O4S. The Morgan fingerprint density at radius 1 is 1.08 bits per heavy atom. The molecule has 8 heteroatoms. The van der Waals surface area contributed by atoms with Crippen LogP contribution in [0.25, 0.3) is 0 Å². The highest BCUT2D eigenvalue weighted by molar-refractivity contribution is 7.89. The molecule has 0 aliphatic carbocycles. The van der Waals surface area contributed by atoms with E-state index in [0.717, 1.165) is 19.4 Å². The van der Waals surface area contributed by atoms with Gasteiger partial charge in [0, 0.05) is 38.3 Å². The Kier molecular flexibility index (Phi) is 5.74. The van der Waals surface area contributed by atoms with Gasteiger partial charge in [-0.2, -0.15) is 4.31 Å². The standard InChI is InChI=1S/C18H25N3O4S/c1-14(22)15-4-6-17(7-5-15)26(24,25)21-11-9-20(10-12-21)18(23)16-3-2-8-19-13-16/h4-7,16,19H,2-3,8-13H2,1H3. The minimum Gasteiger partial charge on any atom is -0.340 e. The Morgan fingerprint density at radius 2 is 1.73 bits per heavy atom. The first kappa shape index (κ1) is 19.0. The quantitative estimate of drug-likeness (QED) is 0.779. The van der Waals surface area contributed by atoms with Gasteiger partial charge in [0.05, 0.1) is 10.8 Å². The van der Waals surface area contributed by atoms with E-state index in [2.05, 4.69) is 5.32 Å². The first-order valence-electron chi connectivity index (χ1n) is 9.00. The number of nitrogens with zero attached hydrogens (tertiary/aromatic N) is 2. The number of hydrogen-bond donors (Lipinski definition) is 1. The van der Waals surface area contributed by atoms with Crippen LogP contribution in [0.15, 0.2) is 29.2 Å². The number of rotatable bonds is 4. The fraction of sp³-hybridized carbons (Fsp3) is 0.556. The molecule has 0 bridgehead atoms. The van der Waals surface area contributed by atoms with Crippen LogP contribution in [0.1, 0.15) is 30.1 Å². The third-order valence-corrected chi connectivity index (χ3v) is 7.01. The molecule has 2 saturated heterocycles. The normalized spacial score (nSPS) is 22.2. The molecule has 0 aromatic heterocycles. The Morgan fingerprint density at radius 3 is 2.27 bits per heavy atom. The average molecular weight is 379 g/mol. The molecule has 1 amide bonds. The predicted molar refractivity (Wildman–Crippen MR) is 97.4 cm³/mol. The molecule has 7 nitrogen and oxygen atoms in total. The SMILES string of the molecule is CC(=O)c1ccc(S(=O)(=O)N2CCN(C(=O)C3CCCNC3)CC2)cc1. The zero-order valence-corrected chi connectivity index (χ0v) is 15.8. The molecular weight excluding hydrogens is 354 g/mol. The number of sulfonamides is 1. The van der Waals surface area contributed by atoms with Crippen molar-refractivity contribution in [3.05, 3.63) is 29.8 Å². The van der Waals surface area contributed by atoms with Crippen molar-refractivity contribution in [3.63, 3.8) is 0 Å². The lowest BCUT2D eigenvalue weighted by atomic mass is 9.98. The van der Waals surface area contributed by atoms with E-state index in [1.54, 1.807) is 4.90 Å². The number of carbonyl (C=O) groups is 2. The maximum absolute atomic E-state index is 12.8. The molecule has 26 heavy (non-hydrogen) atoms. The second kappa shape index (κ2) is 7.85. The number of piperidine rings is 1. The van der Waals surface area contributed by atoms with E-state index < -0.39 is 10.0 Å². The number of Topliss-reactive ketones (excluding diaryl/α,β-unsaturated/α-hetero) is 1. The highest BCUT2D eigenvalue weighted by Gasteiger charge is 2.32. The van der Waals surface area contributed by atoms with Crippen LogP contribution < -0.4 is 5.32 Å². The molecule has 1 aromatic rings. The summed E-state index contributed by atoms with van der Waals surface area (Å²) in [4.78, 5) is 25.9. The number of hydrogen-bond acceptors (Lipinski definition) is 5. The number of benzene rings is 1. The third kappa shape index (κ3) is 3.97. The van der Waals surface area contributed by atoms with Crippen LogP contribution in [0.4, 0.5) is 0 Å². The van der Waals surface area contributed by atoms with Gasteiger partial charge in [0.25, 0.3) is 0 Å². The largest absolute Gasteiger partial charge is 0.340 e. The summed E-state index contributed by atoms with van der Waals surface area (Å²) in [5.74, 6) is 0.0318. The van der Waals surface area contributed by atoms with Crippen molar-refractivity contribution in [2.24, 2.45) is 5.92 Å². The molecule has 2 heterocycles. The van der Waals surface area contributed by atoms with Crippen molar-refractivity contribution >= 4 is 21.7 Å². The first-order valence-corrected chi connectivity index (χ1v) is 10.4. The van der Waals surface area contributed by atoms with E-state index in [0.29, 0.717) is 38.3 Å². The molecule has 1 atom stereocenters. The Bertz CT molecular complexity index is 762. The molecule has 142 valence electrons. The van der Waals surface area contributed by atoms with Gasteiger partial charge in [-0.3, -0.25) is 9.59 Å². The monoisotopic (exact) mass is 379 g/mol. The molecule has 3 rings (SSSR count). The molecule has 0 spiro atoms. The van der Waals surface area contributed by atoms with Gasteiger partial charge in [-0.1, -0.05) is 12.1 Å². The summed E-state index contributed by atoms with van der Waals surface area (Å²) in [6, 6.07) is 6.00. The number of piperazine rings is 1. The number of ketones is 1. The van der Waals surface area contributed by atoms with Gasteiger partial charge >= 0.3 is 0 Å². The Labute approximate surface area is 154 Å². The molecule has 2 aliphatic heterocycles. The summed E-state index contributed by atoms with van der Waals surface area (Å²) in [7, 11) is -3.61. The van der Waals surface area contributed by atoms with E-state index in [4.69, 9.17) is 0 Å². The number of carbonyl (C=O) groups excluding carboxylic acids is 2. The van der Waals surface area contributed by atoms with E-state index in [1.165, 1.54) is 35.5 Å². The lowest BCUT2D eigenvalue weighted by Crippen LogP contribution is -2.53. The Balaban J connectivity index is 1.63. The predicted octanol–water partition coefficient (Wildman–Crippen LogP) is 0.722. The topological polar surface area (TPSA) is 86.8 Å². The van der Waals surface area contributed by atoms with Gasteiger partial charge < -0.3 is 10.2 Å². The van der Waals surface area contributed by atoms with Crippen molar-refractivity contribution in [1.82, 2.24) is 14.5 Å². The number of amides is 1. The van der Waals surface area contributed by atoms with Crippen LogP contribution in [-0.2, 0) is 14.8 Å². The summed E-state index contributed by atoms with van der Waals surface area (Å²) in [6.45, 7) is 4.53. The van der Waals surface area contributed by atoms with E-state index >= 15 is 0 Å². The molecule has 2 aliphatic rings. The summed E-state index contributed by atoms with van der Waals surface area (Å²) < 4.78 is 27.0. The van der Waals surface area contributed by atoms with Crippen LogP contribution in [-0.4, -0.2) is 68.6 Å². The maximum atomic E-state index is 12.8. The molecule has 0 radical (unpaired) electrons. The van der Waals surface area contributed by atoms with Gasteiger partial charge in [-0.15, -0.1) is 0 Å². The second-order valence-electron chi connectivity index (χ2n) is 6.85. The van der Waals surface area contributed by atoms with E-state index in [1.807, 2.05) is 0 Å². The van der Waals surface area contributed by atoms with E-state index in [9.17, 15) is 18.0 Å². The molecule has 0 saturated carbocycles. The minimum absolute atomic E-state index is 0.00559. The lowest BCUT2D eigenvalue weighted by molar-refractivity contribution is -0.137. The highest BCUT2D eigenvalue weighted by Crippen LogP contribution is 2.20.